The Balaban J connectivity index is 1.15. The van der Waals surface area contributed by atoms with E-state index in [1.165, 1.54) is 43.8 Å². The van der Waals surface area contributed by atoms with Crippen molar-refractivity contribution in [1.82, 2.24) is 0 Å². The molecule has 0 saturated heterocycles. The molecule has 0 amide bonds. The SMILES string of the molecule is CCC(C)C(c1ccc(N(c2ccc(C)cc2)c2ccc3ccccc3c2)cc1)c1ccc(N(c2ccc(C)cc2)c2ccc3ccccc3c2)cc1. The highest BCUT2D eigenvalue weighted by Crippen LogP contribution is 2.41. The smallest absolute Gasteiger partial charge is 0.0468 e. The van der Waals surface area contributed by atoms with Crippen molar-refractivity contribution >= 4 is 55.7 Å². The molecular weight excluding hydrogens is 641 g/mol. The van der Waals surface area contributed by atoms with E-state index in [0.29, 0.717) is 5.92 Å². The Labute approximate surface area is 314 Å². The van der Waals surface area contributed by atoms with Gasteiger partial charge in [0.1, 0.15) is 0 Å². The molecule has 0 N–H and O–H groups in total. The van der Waals surface area contributed by atoms with Crippen LogP contribution in [0.5, 0.6) is 0 Å². The van der Waals surface area contributed by atoms with Gasteiger partial charge in [-0.15, -0.1) is 0 Å². The third-order valence-electron chi connectivity index (χ3n) is 10.8. The average molecular weight is 687 g/mol. The summed E-state index contributed by atoms with van der Waals surface area (Å²) in [6, 6.07) is 66.9. The minimum atomic E-state index is 0.269. The van der Waals surface area contributed by atoms with Crippen LogP contribution in [0.2, 0.25) is 0 Å². The molecule has 2 nitrogen and oxygen atoms in total. The molecule has 0 fully saturated rings. The lowest BCUT2D eigenvalue weighted by Crippen LogP contribution is -2.13. The Morgan fingerprint density at radius 1 is 0.377 bits per heavy atom. The second-order valence-electron chi connectivity index (χ2n) is 14.5. The molecule has 0 aromatic heterocycles. The van der Waals surface area contributed by atoms with E-state index >= 15 is 0 Å². The summed E-state index contributed by atoms with van der Waals surface area (Å²) in [7, 11) is 0. The summed E-state index contributed by atoms with van der Waals surface area (Å²) >= 11 is 0. The van der Waals surface area contributed by atoms with Gasteiger partial charge in [0.05, 0.1) is 0 Å². The van der Waals surface area contributed by atoms with Crippen LogP contribution < -0.4 is 9.80 Å². The highest BCUT2D eigenvalue weighted by molar-refractivity contribution is 5.90. The highest BCUT2D eigenvalue weighted by atomic mass is 15.1. The molecule has 0 saturated carbocycles. The van der Waals surface area contributed by atoms with Crippen LogP contribution in [-0.4, -0.2) is 0 Å². The minimum Gasteiger partial charge on any atom is -0.310 e. The lowest BCUT2D eigenvalue weighted by Gasteiger charge is -2.29. The number of aryl methyl sites for hydroxylation is 2. The van der Waals surface area contributed by atoms with Crippen molar-refractivity contribution in [3.63, 3.8) is 0 Å². The summed E-state index contributed by atoms with van der Waals surface area (Å²) in [5.41, 5.74) is 12.1. The van der Waals surface area contributed by atoms with E-state index in [1.807, 2.05) is 0 Å². The molecule has 8 aromatic carbocycles. The Morgan fingerprint density at radius 2 is 0.698 bits per heavy atom. The summed E-state index contributed by atoms with van der Waals surface area (Å²) < 4.78 is 0. The molecule has 0 aliphatic heterocycles. The molecule has 260 valence electrons. The van der Waals surface area contributed by atoms with Crippen molar-refractivity contribution in [3.05, 3.63) is 204 Å². The Hall–Kier alpha value is -6.12. The molecule has 0 aliphatic carbocycles. The summed E-state index contributed by atoms with van der Waals surface area (Å²) in [6.45, 7) is 8.97. The molecule has 8 rings (SSSR count). The quantitative estimate of drug-likeness (QED) is 0.141. The van der Waals surface area contributed by atoms with Crippen LogP contribution in [0.4, 0.5) is 34.1 Å². The summed E-state index contributed by atoms with van der Waals surface area (Å²) in [5.74, 6) is 0.735. The van der Waals surface area contributed by atoms with Crippen LogP contribution in [-0.2, 0) is 0 Å². The second-order valence-corrected chi connectivity index (χ2v) is 14.5. The first-order valence-electron chi connectivity index (χ1n) is 18.9. The molecule has 1 atom stereocenters. The van der Waals surface area contributed by atoms with Crippen LogP contribution in [0.25, 0.3) is 21.5 Å². The summed E-state index contributed by atoms with van der Waals surface area (Å²) in [4.78, 5) is 4.74. The normalized spacial score (nSPS) is 11.9. The molecular formula is C51H46N2. The van der Waals surface area contributed by atoms with E-state index < -0.39 is 0 Å². The topological polar surface area (TPSA) is 6.48 Å². The zero-order valence-electron chi connectivity index (χ0n) is 31.1. The third kappa shape index (κ3) is 7.06. The van der Waals surface area contributed by atoms with E-state index in [9.17, 15) is 0 Å². The first-order chi connectivity index (χ1) is 25.9. The maximum Gasteiger partial charge on any atom is 0.0468 e. The van der Waals surface area contributed by atoms with E-state index in [0.717, 1.165) is 40.5 Å². The standard InChI is InChI=1S/C51H46N2/c1-5-38(4)51(41-20-28-47(29-21-41)52(45-24-14-36(2)15-25-45)49-32-18-39-10-6-8-12-43(39)34-49)42-22-30-48(31-23-42)53(46-26-16-37(3)17-27-46)50-33-19-40-11-7-9-13-44(40)35-50/h6-35,38,51H,5H2,1-4H3. The van der Waals surface area contributed by atoms with Crippen LogP contribution in [0.15, 0.2) is 182 Å². The van der Waals surface area contributed by atoms with Gasteiger partial charge in [0.25, 0.3) is 0 Å². The predicted molar refractivity (Wildman–Crippen MR) is 228 cm³/mol. The fourth-order valence-corrected chi connectivity index (χ4v) is 7.66. The maximum atomic E-state index is 2.38. The van der Waals surface area contributed by atoms with Gasteiger partial charge in [-0.1, -0.05) is 141 Å². The van der Waals surface area contributed by atoms with Crippen molar-refractivity contribution < 1.29 is 0 Å². The van der Waals surface area contributed by atoms with Gasteiger partial charge in [0.2, 0.25) is 0 Å². The lowest BCUT2D eigenvalue weighted by molar-refractivity contribution is 0.496. The van der Waals surface area contributed by atoms with E-state index in [4.69, 9.17) is 0 Å². The molecule has 0 spiro atoms. The summed E-state index contributed by atoms with van der Waals surface area (Å²) in [5, 5.41) is 4.97. The third-order valence-corrected chi connectivity index (χ3v) is 10.8. The predicted octanol–water partition coefficient (Wildman–Crippen LogP) is 14.7. The van der Waals surface area contributed by atoms with E-state index in [2.05, 4.69) is 219 Å². The number of hydrogen-bond acceptors (Lipinski definition) is 2. The van der Waals surface area contributed by atoms with Gasteiger partial charge in [-0.25, -0.2) is 0 Å². The van der Waals surface area contributed by atoms with Crippen molar-refractivity contribution in [1.29, 1.82) is 0 Å². The van der Waals surface area contributed by atoms with Gasteiger partial charge in [-0.3, -0.25) is 0 Å². The largest absolute Gasteiger partial charge is 0.310 e. The molecule has 0 heterocycles. The number of hydrogen-bond donors (Lipinski definition) is 0. The Morgan fingerprint density at radius 3 is 1.06 bits per heavy atom. The van der Waals surface area contributed by atoms with Crippen molar-refractivity contribution in [2.45, 2.75) is 40.0 Å². The van der Waals surface area contributed by atoms with Crippen molar-refractivity contribution in [2.24, 2.45) is 5.92 Å². The number of rotatable bonds is 10. The zero-order valence-corrected chi connectivity index (χ0v) is 31.1. The van der Waals surface area contributed by atoms with Crippen LogP contribution in [0.3, 0.4) is 0 Å². The van der Waals surface area contributed by atoms with Gasteiger partial charge >= 0.3 is 0 Å². The first-order valence-corrected chi connectivity index (χ1v) is 18.9. The maximum absolute atomic E-state index is 2.38. The van der Waals surface area contributed by atoms with Crippen molar-refractivity contribution in [3.8, 4) is 0 Å². The van der Waals surface area contributed by atoms with Crippen LogP contribution in [0.1, 0.15) is 48.4 Å². The van der Waals surface area contributed by atoms with Gasteiger partial charge < -0.3 is 9.80 Å². The highest BCUT2D eigenvalue weighted by Gasteiger charge is 2.22. The fraction of sp³-hybridized carbons (Fsp3) is 0.137. The first kappa shape index (κ1) is 34.0. The van der Waals surface area contributed by atoms with E-state index in [-0.39, 0.29) is 5.92 Å². The fourth-order valence-electron chi connectivity index (χ4n) is 7.66. The number of fused-ring (bicyclic) bond motifs is 2. The minimum absolute atomic E-state index is 0.269. The monoisotopic (exact) mass is 686 g/mol. The lowest BCUT2D eigenvalue weighted by atomic mass is 9.80. The molecule has 0 radical (unpaired) electrons. The summed E-state index contributed by atoms with van der Waals surface area (Å²) in [6.07, 6.45) is 1.09. The molecule has 1 unspecified atom stereocenters. The molecule has 0 aliphatic rings. The number of benzene rings is 8. The Bertz CT molecular complexity index is 2290. The van der Waals surface area contributed by atoms with Crippen molar-refractivity contribution in [2.75, 3.05) is 9.80 Å². The van der Waals surface area contributed by atoms with Gasteiger partial charge in [0.15, 0.2) is 0 Å². The molecule has 2 heteroatoms. The Kier molecular flexibility index (Phi) is 9.53. The van der Waals surface area contributed by atoms with Gasteiger partial charge in [-0.05, 0) is 125 Å². The molecule has 0 bridgehead atoms. The second kappa shape index (κ2) is 14.9. The van der Waals surface area contributed by atoms with Gasteiger partial charge in [0, 0.05) is 40.0 Å². The molecule has 53 heavy (non-hydrogen) atoms. The average Bonchev–Trinajstić information content (AvgIpc) is 3.20. The van der Waals surface area contributed by atoms with Gasteiger partial charge in [-0.2, -0.15) is 0 Å². The number of nitrogens with zero attached hydrogens (tertiary/aromatic N) is 2. The zero-order chi connectivity index (χ0) is 36.3. The van der Waals surface area contributed by atoms with E-state index in [1.54, 1.807) is 0 Å². The van der Waals surface area contributed by atoms with Crippen LogP contribution >= 0.6 is 0 Å². The molecule has 8 aromatic rings. The van der Waals surface area contributed by atoms with Crippen LogP contribution in [0, 0.1) is 19.8 Å². The number of anilines is 6.